The first-order chi connectivity index (χ1) is 10.8. The van der Waals surface area contributed by atoms with Crippen molar-refractivity contribution in [2.24, 2.45) is 11.7 Å². The Hall–Kier alpha value is -1.25. The third kappa shape index (κ3) is 6.52. The molecule has 1 aromatic heterocycles. The number of amides is 1. The minimum Gasteiger partial charge on any atom is -0.356 e. The van der Waals surface area contributed by atoms with Gasteiger partial charge in [-0.1, -0.05) is 6.92 Å². The normalized spacial score (nSPS) is 16.4. The molecule has 1 aliphatic rings. The molecule has 1 fully saturated rings. The molecule has 0 spiro atoms. The van der Waals surface area contributed by atoms with Gasteiger partial charge in [0.1, 0.15) is 5.82 Å². The monoisotopic (exact) mass is 402 g/mol. The van der Waals surface area contributed by atoms with Crippen molar-refractivity contribution in [1.29, 1.82) is 0 Å². The summed E-state index contributed by atoms with van der Waals surface area (Å²) in [5.74, 6) is 0.251. The largest absolute Gasteiger partial charge is 0.417 e. The number of halogens is 5. The fraction of sp³-hybridized carbons (Fsp3) is 0.600. The number of anilines is 1. The molecule has 1 amide bonds. The molecule has 5 nitrogen and oxygen atoms in total. The Balaban J connectivity index is 0.00000288. The van der Waals surface area contributed by atoms with Crippen LogP contribution in [0.1, 0.15) is 25.3 Å². The quantitative estimate of drug-likeness (QED) is 0.811. The van der Waals surface area contributed by atoms with Crippen LogP contribution in [0.15, 0.2) is 18.3 Å². The van der Waals surface area contributed by atoms with Gasteiger partial charge in [-0.25, -0.2) is 4.98 Å². The average molecular weight is 403 g/mol. The zero-order valence-corrected chi connectivity index (χ0v) is 15.4. The van der Waals surface area contributed by atoms with E-state index in [0.717, 1.165) is 25.1 Å². The van der Waals surface area contributed by atoms with Crippen LogP contribution in [-0.4, -0.2) is 36.6 Å². The molecule has 3 N–H and O–H groups in total. The lowest BCUT2D eigenvalue weighted by molar-refractivity contribution is -0.137. The first-order valence-electron chi connectivity index (χ1n) is 7.60. The number of pyridine rings is 1. The van der Waals surface area contributed by atoms with Gasteiger partial charge in [-0.05, 0) is 25.0 Å². The molecular weight excluding hydrogens is 380 g/mol. The number of rotatable bonds is 4. The number of nitrogens with one attached hydrogen (secondary N) is 1. The highest BCUT2D eigenvalue weighted by atomic mass is 35.5. The van der Waals surface area contributed by atoms with Crippen molar-refractivity contribution in [1.82, 2.24) is 10.3 Å². The SMILES string of the molecule is CC(CN)C(=O)NC1CCN(c2ccc(C(F)(F)F)cn2)CC1.Cl.Cl. The van der Waals surface area contributed by atoms with Gasteiger partial charge in [-0.15, -0.1) is 24.8 Å². The topological polar surface area (TPSA) is 71.2 Å². The van der Waals surface area contributed by atoms with E-state index in [-0.39, 0.29) is 42.7 Å². The van der Waals surface area contributed by atoms with Crippen LogP contribution < -0.4 is 16.0 Å². The maximum Gasteiger partial charge on any atom is 0.417 e. The number of aromatic nitrogens is 1. The molecule has 144 valence electrons. The van der Waals surface area contributed by atoms with E-state index in [1.807, 2.05) is 4.90 Å². The molecule has 0 bridgehead atoms. The van der Waals surface area contributed by atoms with E-state index < -0.39 is 11.7 Å². The number of hydrogen-bond acceptors (Lipinski definition) is 4. The lowest BCUT2D eigenvalue weighted by Gasteiger charge is -2.33. The Morgan fingerprint density at radius 2 is 1.96 bits per heavy atom. The number of alkyl halides is 3. The van der Waals surface area contributed by atoms with Crippen LogP contribution >= 0.6 is 24.8 Å². The molecule has 25 heavy (non-hydrogen) atoms. The van der Waals surface area contributed by atoms with E-state index in [1.165, 1.54) is 6.07 Å². The van der Waals surface area contributed by atoms with Gasteiger partial charge >= 0.3 is 6.18 Å². The molecule has 1 unspecified atom stereocenters. The molecule has 0 saturated carbocycles. The van der Waals surface area contributed by atoms with Crippen LogP contribution in [0.3, 0.4) is 0 Å². The predicted octanol–water partition coefficient (Wildman–Crippen LogP) is 2.62. The third-order valence-electron chi connectivity index (χ3n) is 4.04. The molecule has 2 heterocycles. The Bertz CT molecular complexity index is 535. The van der Waals surface area contributed by atoms with Crippen LogP contribution in [-0.2, 0) is 11.0 Å². The molecule has 0 aliphatic carbocycles. The second kappa shape index (κ2) is 10.0. The minimum atomic E-state index is -4.37. The molecule has 2 rings (SSSR count). The summed E-state index contributed by atoms with van der Waals surface area (Å²) in [6, 6.07) is 2.50. The number of carbonyl (C=O) groups excluding carboxylic acids is 1. The first kappa shape index (κ1) is 23.8. The summed E-state index contributed by atoms with van der Waals surface area (Å²) in [4.78, 5) is 17.6. The molecule has 0 radical (unpaired) electrons. The van der Waals surface area contributed by atoms with Gasteiger partial charge in [-0.2, -0.15) is 13.2 Å². The smallest absolute Gasteiger partial charge is 0.356 e. The fourth-order valence-corrected chi connectivity index (χ4v) is 2.44. The fourth-order valence-electron chi connectivity index (χ4n) is 2.44. The molecule has 1 aromatic rings. The molecular formula is C15H23Cl2F3N4O. The summed E-state index contributed by atoms with van der Waals surface area (Å²) in [6.07, 6.45) is -2.06. The van der Waals surface area contributed by atoms with Crippen LogP contribution in [0.25, 0.3) is 0 Å². The zero-order valence-electron chi connectivity index (χ0n) is 13.8. The summed E-state index contributed by atoms with van der Waals surface area (Å²) in [5, 5.41) is 2.96. The second-order valence-electron chi connectivity index (χ2n) is 5.81. The lowest BCUT2D eigenvalue weighted by Crippen LogP contribution is -2.47. The zero-order chi connectivity index (χ0) is 17.0. The minimum absolute atomic E-state index is 0. The molecule has 0 aromatic carbocycles. The van der Waals surface area contributed by atoms with E-state index in [2.05, 4.69) is 10.3 Å². The number of nitrogens with zero attached hydrogens (tertiary/aromatic N) is 2. The summed E-state index contributed by atoms with van der Waals surface area (Å²) in [6.45, 7) is 3.36. The Morgan fingerprint density at radius 3 is 2.40 bits per heavy atom. The number of carbonyl (C=O) groups is 1. The van der Waals surface area contributed by atoms with Crippen molar-refractivity contribution >= 4 is 36.5 Å². The van der Waals surface area contributed by atoms with Crippen molar-refractivity contribution in [3.05, 3.63) is 23.9 Å². The predicted molar refractivity (Wildman–Crippen MR) is 95.3 cm³/mol. The van der Waals surface area contributed by atoms with E-state index in [9.17, 15) is 18.0 Å². The van der Waals surface area contributed by atoms with Crippen LogP contribution in [0.5, 0.6) is 0 Å². The Morgan fingerprint density at radius 1 is 1.36 bits per heavy atom. The van der Waals surface area contributed by atoms with E-state index >= 15 is 0 Å². The second-order valence-corrected chi connectivity index (χ2v) is 5.81. The molecule has 1 saturated heterocycles. The van der Waals surface area contributed by atoms with E-state index in [1.54, 1.807) is 6.92 Å². The van der Waals surface area contributed by atoms with Gasteiger partial charge in [-0.3, -0.25) is 4.79 Å². The average Bonchev–Trinajstić information content (AvgIpc) is 2.54. The van der Waals surface area contributed by atoms with Gasteiger partial charge < -0.3 is 16.0 Å². The summed E-state index contributed by atoms with van der Waals surface area (Å²) >= 11 is 0. The van der Waals surface area contributed by atoms with Gasteiger partial charge in [0.05, 0.1) is 5.56 Å². The van der Waals surface area contributed by atoms with Crippen molar-refractivity contribution < 1.29 is 18.0 Å². The third-order valence-corrected chi connectivity index (χ3v) is 4.04. The van der Waals surface area contributed by atoms with E-state index in [4.69, 9.17) is 5.73 Å². The first-order valence-corrected chi connectivity index (χ1v) is 7.60. The maximum absolute atomic E-state index is 12.5. The highest BCUT2D eigenvalue weighted by Gasteiger charge is 2.31. The van der Waals surface area contributed by atoms with E-state index in [0.29, 0.717) is 25.5 Å². The van der Waals surface area contributed by atoms with Gasteiger partial charge in [0.15, 0.2) is 0 Å². The number of piperidine rings is 1. The maximum atomic E-state index is 12.5. The lowest BCUT2D eigenvalue weighted by atomic mass is 10.0. The Kier molecular flexibility index (Phi) is 9.53. The summed E-state index contributed by atoms with van der Waals surface area (Å²) < 4.78 is 37.6. The van der Waals surface area contributed by atoms with Gasteiger partial charge in [0.25, 0.3) is 0 Å². The van der Waals surface area contributed by atoms with Crippen molar-refractivity contribution in [3.8, 4) is 0 Å². The Labute approximate surface area is 157 Å². The summed E-state index contributed by atoms with van der Waals surface area (Å²) in [7, 11) is 0. The number of hydrogen-bond donors (Lipinski definition) is 2. The molecule has 1 aliphatic heterocycles. The van der Waals surface area contributed by atoms with Crippen LogP contribution in [0.2, 0.25) is 0 Å². The van der Waals surface area contributed by atoms with Crippen LogP contribution in [0.4, 0.5) is 19.0 Å². The van der Waals surface area contributed by atoms with Gasteiger partial charge in [0.2, 0.25) is 5.91 Å². The summed E-state index contributed by atoms with van der Waals surface area (Å²) in [5.41, 5.74) is 4.71. The molecule has 10 heteroatoms. The van der Waals surface area contributed by atoms with Crippen LogP contribution in [0, 0.1) is 5.92 Å². The molecule has 1 atom stereocenters. The van der Waals surface area contributed by atoms with Crippen molar-refractivity contribution in [3.63, 3.8) is 0 Å². The number of nitrogens with two attached hydrogens (primary N) is 1. The highest BCUT2D eigenvalue weighted by molar-refractivity contribution is 5.85. The standard InChI is InChI=1S/C15H21F3N4O.2ClH/c1-10(8-19)14(23)21-12-4-6-22(7-5-12)13-3-2-11(9-20-13)15(16,17)18;;/h2-3,9-10,12H,4-8,19H2,1H3,(H,21,23);2*1H. The van der Waals surface area contributed by atoms with Gasteiger partial charge in [0, 0.05) is 37.8 Å². The van der Waals surface area contributed by atoms with Crippen molar-refractivity contribution in [2.45, 2.75) is 32.0 Å². The van der Waals surface area contributed by atoms with Crippen molar-refractivity contribution in [2.75, 3.05) is 24.5 Å². The highest BCUT2D eigenvalue weighted by Crippen LogP contribution is 2.29.